The minimum Gasteiger partial charge on any atom is -0.493 e. The maximum atomic E-state index is 5.95. The molecule has 2 heterocycles. The summed E-state index contributed by atoms with van der Waals surface area (Å²) in [7, 11) is 2.16. The van der Waals surface area contributed by atoms with Gasteiger partial charge < -0.3 is 15.0 Å². The average Bonchev–Trinajstić information content (AvgIpc) is 2.67. The van der Waals surface area contributed by atoms with Gasteiger partial charge in [-0.15, -0.1) is 0 Å². The van der Waals surface area contributed by atoms with Crippen LogP contribution in [0, 0.1) is 5.92 Å². The number of nitrogens with one attached hydrogen (secondary N) is 1. The summed E-state index contributed by atoms with van der Waals surface area (Å²) in [4.78, 5) is 6.71. The third-order valence-electron chi connectivity index (χ3n) is 4.74. The second-order valence-corrected chi connectivity index (χ2v) is 6.98. The molecule has 1 aromatic carbocycles. The molecule has 1 atom stereocenters. The van der Waals surface area contributed by atoms with Gasteiger partial charge in [0, 0.05) is 43.9 Å². The third-order valence-corrected chi connectivity index (χ3v) is 4.74. The van der Waals surface area contributed by atoms with Crippen LogP contribution in [-0.2, 0) is 13.0 Å². The van der Waals surface area contributed by atoms with Gasteiger partial charge in [0.2, 0.25) is 0 Å². The number of benzene rings is 1. The first-order chi connectivity index (χ1) is 12.3. The molecule has 25 heavy (non-hydrogen) atoms. The van der Waals surface area contributed by atoms with Crippen molar-refractivity contribution >= 4 is 0 Å². The smallest absolute Gasteiger partial charge is 0.119 e. The van der Waals surface area contributed by atoms with Gasteiger partial charge in [-0.3, -0.25) is 4.98 Å². The first kappa shape index (κ1) is 17.9. The van der Waals surface area contributed by atoms with E-state index in [2.05, 4.69) is 52.6 Å². The first-order valence-electron chi connectivity index (χ1n) is 9.30. The van der Waals surface area contributed by atoms with Crippen molar-refractivity contribution in [1.82, 2.24) is 15.2 Å². The van der Waals surface area contributed by atoms with E-state index < -0.39 is 0 Å². The lowest BCUT2D eigenvalue weighted by molar-refractivity contribution is 0.218. The van der Waals surface area contributed by atoms with Crippen molar-refractivity contribution < 1.29 is 4.74 Å². The highest BCUT2D eigenvalue weighted by atomic mass is 16.5. The van der Waals surface area contributed by atoms with E-state index in [0.29, 0.717) is 5.92 Å². The average molecular weight is 339 g/mol. The van der Waals surface area contributed by atoms with Crippen molar-refractivity contribution in [3.8, 4) is 5.75 Å². The lowest BCUT2D eigenvalue weighted by Gasteiger charge is -2.22. The maximum absolute atomic E-state index is 5.95. The highest BCUT2D eigenvalue weighted by Gasteiger charge is 2.13. The van der Waals surface area contributed by atoms with Crippen molar-refractivity contribution in [2.75, 3.05) is 33.3 Å². The highest BCUT2D eigenvalue weighted by Crippen LogP contribution is 2.16. The molecule has 4 heteroatoms. The van der Waals surface area contributed by atoms with Gasteiger partial charge >= 0.3 is 0 Å². The number of hydrogen-bond acceptors (Lipinski definition) is 4. The summed E-state index contributed by atoms with van der Waals surface area (Å²) < 4.78 is 5.95. The number of piperidine rings is 1. The zero-order chi connectivity index (χ0) is 17.3. The lowest BCUT2D eigenvalue weighted by atomic mass is 10.0. The topological polar surface area (TPSA) is 37.4 Å². The Kier molecular flexibility index (Phi) is 6.83. The summed E-state index contributed by atoms with van der Waals surface area (Å²) in [6.07, 6.45) is 5.37. The molecule has 3 rings (SSSR count). The zero-order valence-corrected chi connectivity index (χ0v) is 15.2. The number of likely N-dealkylation sites (N-methyl/N-ethyl adjacent to an activating group) is 1. The SMILES string of the molecule is CN(CCc1ccccn1)Cc1ccc(OCC2CCCNC2)cc1. The fourth-order valence-corrected chi connectivity index (χ4v) is 3.21. The van der Waals surface area contributed by atoms with E-state index >= 15 is 0 Å². The quantitative estimate of drug-likeness (QED) is 0.802. The normalized spacial score (nSPS) is 17.6. The summed E-state index contributed by atoms with van der Waals surface area (Å²) in [6.45, 7) is 5.00. The number of rotatable bonds is 8. The number of pyridine rings is 1. The van der Waals surface area contributed by atoms with Crippen LogP contribution in [-0.4, -0.2) is 43.2 Å². The fraction of sp³-hybridized carbons (Fsp3) is 0.476. The molecule has 0 aliphatic carbocycles. The Morgan fingerprint density at radius 2 is 2.08 bits per heavy atom. The molecule has 0 saturated carbocycles. The summed E-state index contributed by atoms with van der Waals surface area (Å²) in [5.74, 6) is 1.62. The Morgan fingerprint density at radius 3 is 2.80 bits per heavy atom. The lowest BCUT2D eigenvalue weighted by Crippen LogP contribution is -2.33. The predicted molar refractivity (Wildman–Crippen MR) is 102 cm³/mol. The van der Waals surface area contributed by atoms with Gasteiger partial charge in [0.25, 0.3) is 0 Å². The molecule has 0 amide bonds. The van der Waals surface area contributed by atoms with E-state index in [9.17, 15) is 0 Å². The first-order valence-corrected chi connectivity index (χ1v) is 9.30. The van der Waals surface area contributed by atoms with Crippen LogP contribution in [0.5, 0.6) is 5.75 Å². The number of nitrogens with zero attached hydrogens (tertiary/aromatic N) is 2. The Morgan fingerprint density at radius 1 is 1.20 bits per heavy atom. The number of hydrogen-bond donors (Lipinski definition) is 1. The predicted octanol–water partition coefficient (Wildman–Crippen LogP) is 3.13. The van der Waals surface area contributed by atoms with Crippen molar-refractivity contribution in [1.29, 1.82) is 0 Å². The van der Waals surface area contributed by atoms with E-state index in [1.54, 1.807) is 0 Å². The van der Waals surface area contributed by atoms with Crippen LogP contribution in [0.25, 0.3) is 0 Å². The number of ether oxygens (including phenoxy) is 1. The Balaban J connectivity index is 1.40. The van der Waals surface area contributed by atoms with Crippen LogP contribution in [0.3, 0.4) is 0 Å². The van der Waals surface area contributed by atoms with Crippen molar-refractivity contribution in [3.63, 3.8) is 0 Å². The number of aromatic nitrogens is 1. The summed E-state index contributed by atoms with van der Waals surface area (Å²) in [6, 6.07) is 14.6. The van der Waals surface area contributed by atoms with Crippen LogP contribution in [0.1, 0.15) is 24.1 Å². The van der Waals surface area contributed by atoms with Gasteiger partial charge in [-0.2, -0.15) is 0 Å². The molecular formula is C21H29N3O. The molecule has 2 aromatic rings. The van der Waals surface area contributed by atoms with Crippen molar-refractivity contribution in [2.45, 2.75) is 25.8 Å². The van der Waals surface area contributed by atoms with Gasteiger partial charge in [0.05, 0.1) is 6.61 Å². The monoisotopic (exact) mass is 339 g/mol. The molecule has 1 N–H and O–H groups in total. The molecule has 1 aliphatic rings. The molecule has 1 unspecified atom stereocenters. The molecule has 4 nitrogen and oxygen atoms in total. The van der Waals surface area contributed by atoms with Crippen LogP contribution < -0.4 is 10.1 Å². The van der Waals surface area contributed by atoms with Crippen LogP contribution in [0.4, 0.5) is 0 Å². The summed E-state index contributed by atoms with van der Waals surface area (Å²) >= 11 is 0. The molecule has 1 saturated heterocycles. The van der Waals surface area contributed by atoms with Gasteiger partial charge in [-0.05, 0) is 56.3 Å². The second-order valence-electron chi connectivity index (χ2n) is 6.98. The highest BCUT2D eigenvalue weighted by molar-refractivity contribution is 5.27. The molecular weight excluding hydrogens is 310 g/mol. The van der Waals surface area contributed by atoms with Gasteiger partial charge in [-0.25, -0.2) is 0 Å². The van der Waals surface area contributed by atoms with Gasteiger partial charge in [0.1, 0.15) is 5.75 Å². The Bertz CT molecular complexity index is 609. The van der Waals surface area contributed by atoms with E-state index in [4.69, 9.17) is 4.74 Å². The van der Waals surface area contributed by atoms with Crippen molar-refractivity contribution in [3.05, 3.63) is 59.9 Å². The van der Waals surface area contributed by atoms with E-state index in [-0.39, 0.29) is 0 Å². The minimum atomic E-state index is 0.645. The third kappa shape index (κ3) is 6.15. The van der Waals surface area contributed by atoms with E-state index in [1.807, 2.05) is 18.3 Å². The molecule has 134 valence electrons. The van der Waals surface area contributed by atoms with Gasteiger partial charge in [0.15, 0.2) is 0 Å². The zero-order valence-electron chi connectivity index (χ0n) is 15.2. The Labute approximate surface area is 151 Å². The minimum absolute atomic E-state index is 0.645. The fourth-order valence-electron chi connectivity index (χ4n) is 3.21. The molecule has 0 bridgehead atoms. The molecule has 1 aromatic heterocycles. The maximum Gasteiger partial charge on any atom is 0.119 e. The van der Waals surface area contributed by atoms with E-state index in [1.165, 1.54) is 18.4 Å². The van der Waals surface area contributed by atoms with Gasteiger partial charge in [-0.1, -0.05) is 18.2 Å². The Hall–Kier alpha value is -1.91. The summed E-state index contributed by atoms with van der Waals surface area (Å²) in [5.41, 5.74) is 2.46. The summed E-state index contributed by atoms with van der Waals surface area (Å²) in [5, 5.41) is 3.44. The van der Waals surface area contributed by atoms with Crippen LogP contribution in [0.15, 0.2) is 48.7 Å². The molecule has 0 radical (unpaired) electrons. The standard InChI is InChI=1S/C21H29N3O/c1-24(14-11-20-6-2-3-13-23-20)16-18-7-9-21(10-8-18)25-17-19-5-4-12-22-15-19/h2-3,6-10,13,19,22H,4-5,11-12,14-17H2,1H3. The molecule has 1 fully saturated rings. The van der Waals surface area contributed by atoms with Crippen LogP contribution in [0.2, 0.25) is 0 Å². The molecule has 0 spiro atoms. The van der Waals surface area contributed by atoms with Crippen molar-refractivity contribution in [2.24, 2.45) is 5.92 Å². The largest absolute Gasteiger partial charge is 0.493 e. The molecule has 1 aliphatic heterocycles. The van der Waals surface area contributed by atoms with E-state index in [0.717, 1.165) is 50.7 Å². The second kappa shape index (κ2) is 9.54. The van der Waals surface area contributed by atoms with Crippen LogP contribution >= 0.6 is 0 Å².